The molecule has 1 aromatic carbocycles. The van der Waals surface area contributed by atoms with Crippen molar-refractivity contribution in [1.82, 2.24) is 4.72 Å². The van der Waals surface area contributed by atoms with Crippen molar-refractivity contribution in [2.24, 2.45) is 5.92 Å². The molecule has 0 radical (unpaired) electrons. The standard InChI is InChI=1S/C15H19FN2O2S/c1-2-12-7-9-15(11-17,10-8-12)18-21(19,20)14-6-4-3-5-13(14)16/h3-6,12,18H,2,7-10H2,1H3. The minimum Gasteiger partial charge on any atom is -0.207 e. The number of nitrogens with one attached hydrogen (secondary N) is 1. The minimum atomic E-state index is -4.03. The van der Waals surface area contributed by atoms with Crippen molar-refractivity contribution in [3.63, 3.8) is 0 Å². The first-order valence-corrected chi connectivity index (χ1v) is 8.60. The molecule has 6 heteroatoms. The Hall–Kier alpha value is -1.45. The van der Waals surface area contributed by atoms with Crippen LogP contribution in [0.15, 0.2) is 29.2 Å². The summed E-state index contributed by atoms with van der Waals surface area (Å²) in [6, 6.07) is 7.30. The molecule has 1 aliphatic carbocycles. The van der Waals surface area contributed by atoms with E-state index < -0.39 is 26.3 Å². The maximum atomic E-state index is 13.7. The highest BCUT2D eigenvalue weighted by molar-refractivity contribution is 7.89. The molecule has 0 unspecified atom stereocenters. The Labute approximate surface area is 125 Å². The van der Waals surface area contributed by atoms with Crippen molar-refractivity contribution < 1.29 is 12.8 Å². The fourth-order valence-electron chi connectivity index (χ4n) is 2.79. The van der Waals surface area contributed by atoms with Crippen LogP contribution in [-0.2, 0) is 10.0 Å². The monoisotopic (exact) mass is 310 g/mol. The van der Waals surface area contributed by atoms with Gasteiger partial charge in [-0.25, -0.2) is 12.8 Å². The summed E-state index contributed by atoms with van der Waals surface area (Å²) in [5.41, 5.74) is -1.12. The number of nitriles is 1. The number of hydrogen-bond donors (Lipinski definition) is 1. The second-order valence-corrected chi connectivity index (χ2v) is 7.23. The summed E-state index contributed by atoms with van der Waals surface area (Å²) in [7, 11) is -4.03. The first-order valence-electron chi connectivity index (χ1n) is 7.12. The third-order valence-electron chi connectivity index (χ3n) is 4.21. The van der Waals surface area contributed by atoms with Gasteiger partial charge in [-0.15, -0.1) is 0 Å². The van der Waals surface area contributed by atoms with Crippen LogP contribution in [0.2, 0.25) is 0 Å². The smallest absolute Gasteiger partial charge is 0.207 e. The van der Waals surface area contributed by atoms with Crippen molar-refractivity contribution in [2.75, 3.05) is 0 Å². The number of nitrogens with zero attached hydrogens (tertiary/aromatic N) is 1. The second kappa shape index (κ2) is 6.12. The maximum Gasteiger partial charge on any atom is 0.244 e. The van der Waals surface area contributed by atoms with Gasteiger partial charge in [0, 0.05) is 0 Å². The fourth-order valence-corrected chi connectivity index (χ4v) is 4.25. The van der Waals surface area contributed by atoms with E-state index in [1.807, 2.05) is 0 Å². The number of rotatable bonds is 4. The molecular weight excluding hydrogens is 291 g/mol. The van der Waals surface area contributed by atoms with Crippen molar-refractivity contribution in [1.29, 1.82) is 5.26 Å². The van der Waals surface area contributed by atoms with E-state index in [0.717, 1.165) is 25.3 Å². The third-order valence-corrected chi connectivity index (χ3v) is 5.78. The van der Waals surface area contributed by atoms with Gasteiger partial charge in [0.2, 0.25) is 10.0 Å². The van der Waals surface area contributed by atoms with Gasteiger partial charge in [-0.3, -0.25) is 0 Å². The molecule has 1 N–H and O–H groups in total. The van der Waals surface area contributed by atoms with E-state index in [4.69, 9.17) is 0 Å². The normalized spacial score (nSPS) is 26.2. The minimum absolute atomic E-state index is 0.405. The van der Waals surface area contributed by atoms with E-state index in [2.05, 4.69) is 17.7 Å². The van der Waals surface area contributed by atoms with Crippen molar-refractivity contribution in [3.8, 4) is 6.07 Å². The van der Waals surface area contributed by atoms with Crippen LogP contribution < -0.4 is 4.72 Å². The lowest BCUT2D eigenvalue weighted by Gasteiger charge is -2.34. The van der Waals surface area contributed by atoms with Gasteiger partial charge in [0.1, 0.15) is 16.3 Å². The van der Waals surface area contributed by atoms with Crippen LogP contribution in [-0.4, -0.2) is 14.0 Å². The zero-order chi connectivity index (χ0) is 15.5. The van der Waals surface area contributed by atoms with Gasteiger partial charge in [0.15, 0.2) is 0 Å². The Balaban J connectivity index is 2.23. The summed E-state index contributed by atoms with van der Waals surface area (Å²) in [6.07, 6.45) is 3.58. The van der Waals surface area contributed by atoms with E-state index in [9.17, 15) is 18.1 Å². The van der Waals surface area contributed by atoms with Gasteiger partial charge in [0.25, 0.3) is 0 Å². The largest absolute Gasteiger partial charge is 0.244 e. The zero-order valence-corrected chi connectivity index (χ0v) is 12.8. The highest BCUT2D eigenvalue weighted by Crippen LogP contribution is 2.34. The van der Waals surface area contributed by atoms with Crippen LogP contribution in [0.1, 0.15) is 39.0 Å². The Morgan fingerprint density at radius 1 is 1.38 bits per heavy atom. The lowest BCUT2D eigenvalue weighted by molar-refractivity contribution is 0.259. The van der Waals surface area contributed by atoms with Crippen LogP contribution in [0.4, 0.5) is 4.39 Å². The van der Waals surface area contributed by atoms with E-state index >= 15 is 0 Å². The van der Waals surface area contributed by atoms with E-state index in [0.29, 0.717) is 18.8 Å². The molecule has 0 aromatic heterocycles. The summed E-state index contributed by atoms with van der Waals surface area (Å²) < 4.78 is 40.8. The van der Waals surface area contributed by atoms with Crippen LogP contribution in [0, 0.1) is 23.1 Å². The summed E-state index contributed by atoms with van der Waals surface area (Å²) in [6.45, 7) is 2.09. The van der Waals surface area contributed by atoms with Gasteiger partial charge in [-0.2, -0.15) is 9.98 Å². The highest BCUT2D eigenvalue weighted by Gasteiger charge is 2.39. The van der Waals surface area contributed by atoms with E-state index in [1.165, 1.54) is 18.2 Å². The Morgan fingerprint density at radius 3 is 2.52 bits per heavy atom. The topological polar surface area (TPSA) is 70.0 Å². The van der Waals surface area contributed by atoms with Crippen molar-refractivity contribution in [2.45, 2.75) is 49.5 Å². The molecule has 21 heavy (non-hydrogen) atoms. The molecule has 0 amide bonds. The Morgan fingerprint density at radius 2 is 2.00 bits per heavy atom. The van der Waals surface area contributed by atoms with Crippen LogP contribution >= 0.6 is 0 Å². The molecule has 1 aromatic rings. The summed E-state index contributed by atoms with van der Waals surface area (Å²) in [5.74, 6) is -0.273. The zero-order valence-electron chi connectivity index (χ0n) is 12.0. The lowest BCUT2D eigenvalue weighted by atomic mass is 9.77. The van der Waals surface area contributed by atoms with Gasteiger partial charge >= 0.3 is 0 Å². The molecule has 114 valence electrons. The number of benzene rings is 1. The number of hydrogen-bond acceptors (Lipinski definition) is 3. The van der Waals surface area contributed by atoms with Gasteiger partial charge < -0.3 is 0 Å². The molecule has 1 aliphatic rings. The average Bonchev–Trinajstić information content (AvgIpc) is 2.48. The van der Waals surface area contributed by atoms with Gasteiger partial charge in [0.05, 0.1) is 6.07 Å². The molecule has 0 saturated heterocycles. The first kappa shape index (κ1) is 15.9. The summed E-state index contributed by atoms with van der Waals surface area (Å²) >= 11 is 0. The van der Waals surface area contributed by atoms with Crippen LogP contribution in [0.3, 0.4) is 0 Å². The lowest BCUT2D eigenvalue weighted by Crippen LogP contribution is -2.49. The van der Waals surface area contributed by atoms with Crippen LogP contribution in [0.5, 0.6) is 0 Å². The van der Waals surface area contributed by atoms with Crippen LogP contribution in [0.25, 0.3) is 0 Å². The third kappa shape index (κ3) is 3.42. The quantitative estimate of drug-likeness (QED) is 0.929. The fraction of sp³-hybridized carbons (Fsp3) is 0.533. The van der Waals surface area contributed by atoms with E-state index in [1.54, 1.807) is 0 Å². The maximum absolute atomic E-state index is 13.7. The van der Waals surface area contributed by atoms with Crippen molar-refractivity contribution >= 4 is 10.0 Å². The SMILES string of the molecule is CCC1CCC(C#N)(NS(=O)(=O)c2ccccc2F)CC1. The highest BCUT2D eigenvalue weighted by atomic mass is 32.2. The van der Waals surface area contributed by atoms with Gasteiger partial charge in [-0.1, -0.05) is 25.5 Å². The van der Waals surface area contributed by atoms with E-state index in [-0.39, 0.29) is 0 Å². The molecule has 0 heterocycles. The summed E-state index contributed by atoms with van der Waals surface area (Å²) in [4.78, 5) is -0.405. The molecule has 0 bridgehead atoms. The predicted octanol–water partition coefficient (Wildman–Crippen LogP) is 2.97. The second-order valence-electron chi connectivity index (χ2n) is 5.58. The number of halogens is 1. The Kier molecular flexibility index (Phi) is 4.64. The molecule has 1 saturated carbocycles. The molecular formula is C15H19FN2O2S. The molecule has 0 spiro atoms. The first-order chi connectivity index (χ1) is 9.92. The molecule has 4 nitrogen and oxygen atoms in total. The number of sulfonamides is 1. The van der Waals surface area contributed by atoms with Crippen molar-refractivity contribution in [3.05, 3.63) is 30.1 Å². The summed E-state index contributed by atoms with van der Waals surface area (Å²) in [5, 5.41) is 9.41. The molecule has 2 rings (SSSR count). The predicted molar refractivity (Wildman–Crippen MR) is 77.3 cm³/mol. The Bertz CT molecular complexity index is 644. The average molecular weight is 310 g/mol. The molecule has 0 aliphatic heterocycles. The molecule has 0 atom stereocenters. The van der Waals surface area contributed by atoms with Gasteiger partial charge in [-0.05, 0) is 43.7 Å². The molecule has 1 fully saturated rings.